The number of aryl methyl sites for hydroxylation is 1. The molecule has 0 saturated heterocycles. The Hall–Kier alpha value is -1.40. The van der Waals surface area contributed by atoms with Crippen LogP contribution in [0.4, 0.5) is 4.39 Å². The minimum absolute atomic E-state index is 0.0264. The van der Waals surface area contributed by atoms with Gasteiger partial charge in [-0.2, -0.15) is 8.42 Å². The number of rotatable bonds is 3. The van der Waals surface area contributed by atoms with Crippen molar-refractivity contribution in [2.45, 2.75) is 11.8 Å². The van der Waals surface area contributed by atoms with E-state index in [1.165, 1.54) is 24.3 Å². The van der Waals surface area contributed by atoms with Gasteiger partial charge in [0, 0.05) is 10.5 Å². The first-order valence-corrected chi connectivity index (χ1v) is 7.54. The molecule has 6 heteroatoms. The largest absolute Gasteiger partial charge is 0.379 e. The van der Waals surface area contributed by atoms with Crippen molar-refractivity contribution >= 4 is 26.0 Å². The van der Waals surface area contributed by atoms with Crippen LogP contribution in [-0.2, 0) is 10.1 Å². The van der Waals surface area contributed by atoms with Gasteiger partial charge in [0.2, 0.25) is 0 Å². The SMILES string of the molecule is Cc1ccc(S(=O)(=O)Oc2cc(F)cc(Br)c2)cc1. The summed E-state index contributed by atoms with van der Waals surface area (Å²) in [5, 5.41) is 0. The molecule has 0 aliphatic heterocycles. The predicted octanol–water partition coefficient (Wildman–Crippen LogP) is 3.66. The molecule has 0 spiro atoms. The van der Waals surface area contributed by atoms with Gasteiger partial charge >= 0.3 is 10.1 Å². The van der Waals surface area contributed by atoms with Crippen LogP contribution in [-0.4, -0.2) is 8.42 Å². The fraction of sp³-hybridized carbons (Fsp3) is 0.0769. The zero-order valence-electron chi connectivity index (χ0n) is 9.93. The van der Waals surface area contributed by atoms with Gasteiger partial charge < -0.3 is 4.18 Å². The summed E-state index contributed by atoms with van der Waals surface area (Å²) in [5.74, 6) is -0.657. The molecule has 0 atom stereocenters. The van der Waals surface area contributed by atoms with Crippen molar-refractivity contribution in [1.82, 2.24) is 0 Å². The average molecular weight is 345 g/mol. The van der Waals surface area contributed by atoms with Crippen molar-refractivity contribution in [2.24, 2.45) is 0 Å². The van der Waals surface area contributed by atoms with E-state index in [1.807, 2.05) is 6.92 Å². The zero-order valence-corrected chi connectivity index (χ0v) is 12.3. The molecule has 0 unspecified atom stereocenters. The highest BCUT2D eigenvalue weighted by molar-refractivity contribution is 9.10. The summed E-state index contributed by atoms with van der Waals surface area (Å²) in [4.78, 5) is 0.0264. The number of hydrogen-bond donors (Lipinski definition) is 0. The van der Waals surface area contributed by atoms with E-state index in [9.17, 15) is 12.8 Å². The lowest BCUT2D eigenvalue weighted by molar-refractivity contribution is 0.483. The van der Waals surface area contributed by atoms with Gasteiger partial charge in [0.15, 0.2) is 0 Å². The van der Waals surface area contributed by atoms with Gasteiger partial charge in [-0.1, -0.05) is 33.6 Å². The lowest BCUT2D eigenvalue weighted by atomic mass is 10.2. The molecule has 0 bridgehead atoms. The van der Waals surface area contributed by atoms with Gasteiger partial charge in [0.25, 0.3) is 0 Å². The molecule has 3 nitrogen and oxygen atoms in total. The third-order valence-electron chi connectivity index (χ3n) is 2.35. The van der Waals surface area contributed by atoms with E-state index in [-0.39, 0.29) is 10.6 Å². The van der Waals surface area contributed by atoms with Crippen molar-refractivity contribution in [2.75, 3.05) is 0 Å². The summed E-state index contributed by atoms with van der Waals surface area (Å²) < 4.78 is 42.4. The Morgan fingerprint density at radius 1 is 1.11 bits per heavy atom. The van der Waals surface area contributed by atoms with E-state index in [2.05, 4.69) is 15.9 Å². The standard InChI is InChI=1S/C13H10BrFO3S/c1-9-2-4-13(5-3-9)19(16,17)18-12-7-10(14)6-11(15)8-12/h2-8H,1H3. The first-order valence-electron chi connectivity index (χ1n) is 5.34. The van der Waals surface area contributed by atoms with Crippen molar-refractivity contribution in [1.29, 1.82) is 0 Å². The van der Waals surface area contributed by atoms with Gasteiger partial charge in [-0.15, -0.1) is 0 Å². The molecule has 0 fully saturated rings. The van der Waals surface area contributed by atoms with Crippen molar-refractivity contribution in [3.63, 3.8) is 0 Å². The molecule has 2 aromatic rings. The fourth-order valence-electron chi connectivity index (χ4n) is 1.46. The van der Waals surface area contributed by atoms with Crippen LogP contribution < -0.4 is 4.18 Å². The van der Waals surface area contributed by atoms with Gasteiger partial charge in [0.05, 0.1) is 0 Å². The molecule has 0 amide bonds. The monoisotopic (exact) mass is 344 g/mol. The van der Waals surface area contributed by atoms with Crippen molar-refractivity contribution in [3.8, 4) is 5.75 Å². The number of hydrogen-bond acceptors (Lipinski definition) is 3. The van der Waals surface area contributed by atoms with Gasteiger partial charge in [-0.3, -0.25) is 0 Å². The maximum atomic E-state index is 13.2. The van der Waals surface area contributed by atoms with Crippen LogP contribution in [0.3, 0.4) is 0 Å². The third kappa shape index (κ3) is 3.54. The van der Waals surface area contributed by atoms with Gasteiger partial charge in [-0.05, 0) is 31.2 Å². The maximum Gasteiger partial charge on any atom is 0.339 e. The molecule has 2 rings (SSSR count). The Labute approximate surface area is 119 Å². The fourth-order valence-corrected chi connectivity index (χ4v) is 2.82. The minimum atomic E-state index is -3.95. The lowest BCUT2D eigenvalue weighted by Gasteiger charge is -2.07. The van der Waals surface area contributed by atoms with Gasteiger partial charge in [-0.25, -0.2) is 4.39 Å². The molecule has 0 aliphatic rings. The second kappa shape index (κ2) is 5.30. The first-order chi connectivity index (χ1) is 8.87. The van der Waals surface area contributed by atoms with E-state index in [0.29, 0.717) is 4.47 Å². The molecule has 0 saturated carbocycles. The number of halogens is 2. The van der Waals surface area contributed by atoms with E-state index in [4.69, 9.17) is 4.18 Å². The molecule has 19 heavy (non-hydrogen) atoms. The quantitative estimate of drug-likeness (QED) is 0.798. The summed E-state index contributed by atoms with van der Waals surface area (Å²) in [5.41, 5.74) is 0.937. The Balaban J connectivity index is 2.33. The van der Waals surface area contributed by atoms with Crippen molar-refractivity contribution < 1.29 is 17.0 Å². The number of benzene rings is 2. The zero-order chi connectivity index (χ0) is 14.0. The molecule has 100 valence electrons. The van der Waals surface area contributed by atoms with Crippen LogP contribution in [0.15, 0.2) is 51.8 Å². The van der Waals surface area contributed by atoms with Gasteiger partial charge in [0.1, 0.15) is 16.5 Å². The Kier molecular flexibility index (Phi) is 3.91. The van der Waals surface area contributed by atoms with E-state index in [1.54, 1.807) is 12.1 Å². The highest BCUT2D eigenvalue weighted by Crippen LogP contribution is 2.24. The Bertz CT molecular complexity index is 676. The van der Waals surface area contributed by atoms with Crippen LogP contribution in [0, 0.1) is 12.7 Å². The Morgan fingerprint density at radius 2 is 1.74 bits per heavy atom. The maximum absolute atomic E-state index is 13.2. The second-order valence-corrected chi connectivity index (χ2v) is 6.42. The summed E-state index contributed by atoms with van der Waals surface area (Å²) in [6.45, 7) is 1.85. The predicted molar refractivity (Wildman–Crippen MR) is 73.1 cm³/mol. The van der Waals surface area contributed by atoms with Crippen LogP contribution in [0.1, 0.15) is 5.56 Å². The molecule has 0 aromatic heterocycles. The normalized spacial score (nSPS) is 11.3. The lowest BCUT2D eigenvalue weighted by Crippen LogP contribution is -2.09. The molecule has 0 heterocycles. The summed E-state index contributed by atoms with van der Waals surface area (Å²) in [6.07, 6.45) is 0. The third-order valence-corrected chi connectivity index (χ3v) is 4.07. The van der Waals surface area contributed by atoms with E-state index >= 15 is 0 Å². The highest BCUT2D eigenvalue weighted by atomic mass is 79.9. The van der Waals surface area contributed by atoms with Crippen LogP contribution in [0.25, 0.3) is 0 Å². The van der Waals surface area contributed by atoms with Crippen LogP contribution in [0.2, 0.25) is 0 Å². The molecule has 0 aliphatic carbocycles. The van der Waals surface area contributed by atoms with E-state index in [0.717, 1.165) is 11.6 Å². The molecule has 2 aromatic carbocycles. The highest BCUT2D eigenvalue weighted by Gasteiger charge is 2.17. The molecular formula is C13H10BrFO3S. The summed E-state index contributed by atoms with van der Waals surface area (Å²) >= 11 is 3.07. The van der Waals surface area contributed by atoms with Crippen LogP contribution >= 0.6 is 15.9 Å². The van der Waals surface area contributed by atoms with Crippen molar-refractivity contribution in [3.05, 3.63) is 58.3 Å². The molecular weight excluding hydrogens is 335 g/mol. The Morgan fingerprint density at radius 3 is 2.32 bits per heavy atom. The smallest absolute Gasteiger partial charge is 0.339 e. The first kappa shape index (κ1) is 14.0. The minimum Gasteiger partial charge on any atom is -0.379 e. The molecule has 0 N–H and O–H groups in total. The summed E-state index contributed by atoms with van der Waals surface area (Å²) in [7, 11) is -3.95. The topological polar surface area (TPSA) is 43.4 Å². The summed E-state index contributed by atoms with van der Waals surface area (Å²) in [6, 6.07) is 9.82. The molecule has 0 radical (unpaired) electrons. The average Bonchev–Trinajstić information content (AvgIpc) is 2.27. The van der Waals surface area contributed by atoms with E-state index < -0.39 is 15.9 Å². The second-order valence-electron chi connectivity index (χ2n) is 3.96. The van der Waals surface area contributed by atoms with Crippen LogP contribution in [0.5, 0.6) is 5.75 Å².